The monoisotopic (exact) mass is 380 g/mol. The van der Waals surface area contributed by atoms with Crippen LogP contribution in [-0.4, -0.2) is 57.9 Å². The van der Waals surface area contributed by atoms with E-state index in [1.165, 1.54) is 16.7 Å². The van der Waals surface area contributed by atoms with Crippen LogP contribution in [0.4, 0.5) is 8.78 Å². The second-order valence-corrected chi connectivity index (χ2v) is 7.18. The summed E-state index contributed by atoms with van der Waals surface area (Å²) in [6, 6.07) is 1.93. The first-order valence-corrected chi connectivity index (χ1v) is 9.09. The van der Waals surface area contributed by atoms with Gasteiger partial charge in [-0.1, -0.05) is 0 Å². The summed E-state index contributed by atoms with van der Waals surface area (Å²) in [6.07, 6.45) is 2.40. The molecule has 2 amide bonds. The summed E-state index contributed by atoms with van der Waals surface area (Å²) < 4.78 is 26.8. The third-order valence-corrected chi connectivity index (χ3v) is 5.26. The molecule has 1 aromatic carbocycles. The zero-order valence-corrected chi connectivity index (χ0v) is 15.0. The van der Waals surface area contributed by atoms with E-state index in [1.54, 1.807) is 0 Å². The van der Waals surface area contributed by atoms with E-state index in [0.29, 0.717) is 18.9 Å². The minimum absolute atomic E-state index is 0.0171. The summed E-state index contributed by atoms with van der Waals surface area (Å²) in [5, 5.41) is 9.25. The van der Waals surface area contributed by atoms with E-state index < -0.39 is 29.6 Å². The quantitative estimate of drug-likeness (QED) is 0.850. The number of aliphatic carboxylic acids is 1. The summed E-state index contributed by atoms with van der Waals surface area (Å²) in [6.45, 7) is 2.05. The van der Waals surface area contributed by atoms with Crippen LogP contribution in [0, 0.1) is 17.6 Å². The number of piperidine rings is 1. The molecule has 146 valence electrons. The van der Waals surface area contributed by atoms with Crippen molar-refractivity contribution < 1.29 is 28.3 Å². The number of likely N-dealkylation sites (tertiary alicyclic amines) is 1. The highest BCUT2D eigenvalue weighted by molar-refractivity contribution is 5.94. The van der Waals surface area contributed by atoms with Crippen molar-refractivity contribution in [2.45, 2.75) is 44.7 Å². The molecular formula is C19H22F2N2O4. The molecule has 8 heteroatoms. The van der Waals surface area contributed by atoms with Gasteiger partial charge in [-0.3, -0.25) is 9.59 Å². The van der Waals surface area contributed by atoms with Crippen molar-refractivity contribution in [3.8, 4) is 0 Å². The van der Waals surface area contributed by atoms with Crippen LogP contribution in [0.5, 0.6) is 0 Å². The first kappa shape index (κ1) is 19.3. The van der Waals surface area contributed by atoms with Gasteiger partial charge in [0, 0.05) is 31.1 Å². The van der Waals surface area contributed by atoms with Gasteiger partial charge in [0.05, 0.1) is 5.56 Å². The molecule has 0 aromatic heterocycles. The van der Waals surface area contributed by atoms with Gasteiger partial charge in [0.15, 0.2) is 0 Å². The van der Waals surface area contributed by atoms with Crippen LogP contribution < -0.4 is 0 Å². The standard InChI is InChI=1S/C19H22F2N2O4/c1-11(19(26)27)23(14-3-4-14)17(24)12-6-8-22(9-7-12)18(25)15-5-2-13(20)10-16(15)21/h2,5,10-12,14H,3-4,6-9H2,1H3,(H,26,27). The first-order chi connectivity index (χ1) is 12.8. The maximum absolute atomic E-state index is 13.8. The Labute approximate surface area is 155 Å². The van der Waals surface area contributed by atoms with Crippen LogP contribution in [0.25, 0.3) is 0 Å². The topological polar surface area (TPSA) is 77.9 Å². The van der Waals surface area contributed by atoms with Crippen molar-refractivity contribution in [3.05, 3.63) is 35.4 Å². The molecular weight excluding hydrogens is 358 g/mol. The van der Waals surface area contributed by atoms with Crippen LogP contribution in [0.2, 0.25) is 0 Å². The molecule has 1 atom stereocenters. The second-order valence-electron chi connectivity index (χ2n) is 7.18. The number of benzene rings is 1. The van der Waals surface area contributed by atoms with Gasteiger partial charge < -0.3 is 14.9 Å². The van der Waals surface area contributed by atoms with E-state index in [0.717, 1.165) is 25.0 Å². The van der Waals surface area contributed by atoms with Gasteiger partial charge in [-0.05, 0) is 44.7 Å². The Hall–Kier alpha value is -2.51. The lowest BCUT2D eigenvalue weighted by Gasteiger charge is -2.35. The molecule has 1 unspecified atom stereocenters. The smallest absolute Gasteiger partial charge is 0.326 e. The highest BCUT2D eigenvalue weighted by Crippen LogP contribution is 2.32. The van der Waals surface area contributed by atoms with Gasteiger partial charge in [-0.2, -0.15) is 0 Å². The van der Waals surface area contributed by atoms with Crippen molar-refractivity contribution in [3.63, 3.8) is 0 Å². The fraction of sp³-hybridized carbons (Fsp3) is 0.526. The molecule has 0 spiro atoms. The van der Waals surface area contributed by atoms with Crippen LogP contribution in [0.3, 0.4) is 0 Å². The number of hydrogen-bond acceptors (Lipinski definition) is 3. The molecule has 1 saturated heterocycles. The van der Waals surface area contributed by atoms with Crippen LogP contribution in [0.1, 0.15) is 43.0 Å². The molecule has 2 fully saturated rings. The molecule has 1 N–H and O–H groups in total. The molecule has 0 bridgehead atoms. The number of carbonyl (C=O) groups excluding carboxylic acids is 2. The van der Waals surface area contributed by atoms with E-state index in [9.17, 15) is 28.3 Å². The van der Waals surface area contributed by atoms with Gasteiger partial charge in [-0.15, -0.1) is 0 Å². The lowest BCUT2D eigenvalue weighted by molar-refractivity contribution is -0.152. The van der Waals surface area contributed by atoms with Gasteiger partial charge in [0.25, 0.3) is 5.91 Å². The summed E-state index contributed by atoms with van der Waals surface area (Å²) in [7, 11) is 0. The number of halogens is 2. The second kappa shape index (κ2) is 7.62. The van der Waals surface area contributed by atoms with Crippen molar-refractivity contribution >= 4 is 17.8 Å². The molecule has 6 nitrogen and oxygen atoms in total. The normalized spacial score (nSPS) is 18.9. The van der Waals surface area contributed by atoms with E-state index in [4.69, 9.17) is 0 Å². The Bertz CT molecular complexity index is 758. The summed E-state index contributed by atoms with van der Waals surface area (Å²) >= 11 is 0. The average Bonchev–Trinajstić information content (AvgIpc) is 3.46. The minimum Gasteiger partial charge on any atom is -0.480 e. The minimum atomic E-state index is -1.03. The van der Waals surface area contributed by atoms with Gasteiger partial charge in [0.2, 0.25) is 5.91 Å². The largest absolute Gasteiger partial charge is 0.480 e. The first-order valence-electron chi connectivity index (χ1n) is 9.09. The van der Waals surface area contributed by atoms with E-state index in [-0.39, 0.29) is 36.5 Å². The van der Waals surface area contributed by atoms with Crippen LogP contribution in [-0.2, 0) is 9.59 Å². The van der Waals surface area contributed by atoms with Crippen molar-refractivity contribution in [1.82, 2.24) is 9.80 Å². The Kier molecular flexibility index (Phi) is 5.43. The number of carboxylic acid groups (broad SMARTS) is 1. The van der Waals surface area contributed by atoms with E-state index in [2.05, 4.69) is 0 Å². The average molecular weight is 380 g/mol. The van der Waals surface area contributed by atoms with Gasteiger partial charge in [-0.25, -0.2) is 13.6 Å². The lowest BCUT2D eigenvalue weighted by Crippen LogP contribution is -2.50. The Balaban J connectivity index is 1.63. The molecule has 1 aromatic rings. The van der Waals surface area contributed by atoms with Crippen LogP contribution in [0.15, 0.2) is 18.2 Å². The number of amides is 2. The Morgan fingerprint density at radius 3 is 2.30 bits per heavy atom. The fourth-order valence-electron chi connectivity index (χ4n) is 3.53. The number of hydrogen-bond donors (Lipinski definition) is 1. The van der Waals surface area contributed by atoms with Crippen molar-refractivity contribution in [2.75, 3.05) is 13.1 Å². The van der Waals surface area contributed by atoms with Gasteiger partial charge >= 0.3 is 5.97 Å². The third kappa shape index (κ3) is 4.09. The van der Waals surface area contributed by atoms with Crippen LogP contribution >= 0.6 is 0 Å². The zero-order valence-electron chi connectivity index (χ0n) is 15.0. The molecule has 27 heavy (non-hydrogen) atoms. The zero-order chi connectivity index (χ0) is 19.7. The SMILES string of the molecule is CC(C(=O)O)N(C(=O)C1CCN(C(=O)c2ccc(F)cc2F)CC1)C1CC1. The van der Waals surface area contributed by atoms with E-state index >= 15 is 0 Å². The molecule has 1 aliphatic heterocycles. The number of rotatable bonds is 5. The molecule has 3 rings (SSSR count). The molecule has 2 aliphatic rings. The lowest BCUT2D eigenvalue weighted by atomic mass is 9.94. The molecule has 0 radical (unpaired) electrons. The molecule has 1 aliphatic carbocycles. The maximum atomic E-state index is 13.8. The Morgan fingerprint density at radius 2 is 1.78 bits per heavy atom. The Morgan fingerprint density at radius 1 is 1.15 bits per heavy atom. The van der Waals surface area contributed by atoms with E-state index in [1.807, 2.05) is 0 Å². The van der Waals surface area contributed by atoms with Gasteiger partial charge in [0.1, 0.15) is 17.7 Å². The number of carboxylic acids is 1. The maximum Gasteiger partial charge on any atom is 0.326 e. The van der Waals surface area contributed by atoms with Crippen molar-refractivity contribution in [1.29, 1.82) is 0 Å². The summed E-state index contributed by atoms with van der Waals surface area (Å²) in [5.74, 6) is -3.76. The third-order valence-electron chi connectivity index (χ3n) is 5.26. The number of carbonyl (C=O) groups is 3. The highest BCUT2D eigenvalue weighted by atomic mass is 19.1. The summed E-state index contributed by atoms with van der Waals surface area (Å²) in [4.78, 5) is 39.5. The highest BCUT2D eigenvalue weighted by Gasteiger charge is 2.41. The number of nitrogens with zero attached hydrogens (tertiary/aromatic N) is 2. The fourth-order valence-corrected chi connectivity index (χ4v) is 3.53. The van der Waals surface area contributed by atoms with Crippen molar-refractivity contribution in [2.24, 2.45) is 5.92 Å². The molecule has 1 saturated carbocycles. The molecule has 1 heterocycles. The predicted octanol–water partition coefficient (Wildman–Crippen LogP) is 2.28. The predicted molar refractivity (Wildman–Crippen MR) is 92.0 cm³/mol. The summed E-state index contributed by atoms with van der Waals surface area (Å²) in [5.41, 5.74) is -0.194.